The molecule has 0 saturated heterocycles. The van der Waals surface area contributed by atoms with Crippen molar-refractivity contribution in [3.05, 3.63) is 35.4 Å². The second-order valence-corrected chi connectivity index (χ2v) is 5.70. The molecule has 4 nitrogen and oxygen atoms in total. The Morgan fingerprint density at radius 1 is 1.42 bits per heavy atom. The number of aliphatic hydroxyl groups is 1. The van der Waals surface area contributed by atoms with Crippen molar-refractivity contribution in [2.75, 3.05) is 0 Å². The molecule has 0 spiro atoms. The van der Waals surface area contributed by atoms with E-state index in [1.165, 1.54) is 18.1 Å². The first-order valence-electron chi connectivity index (χ1n) is 6.73. The maximum absolute atomic E-state index is 11.9. The summed E-state index contributed by atoms with van der Waals surface area (Å²) in [7, 11) is 0. The summed E-state index contributed by atoms with van der Waals surface area (Å²) in [5.41, 5.74) is 7.94. The van der Waals surface area contributed by atoms with Crippen LogP contribution in [-0.2, 0) is 11.2 Å². The highest BCUT2D eigenvalue weighted by atomic mass is 16.3. The summed E-state index contributed by atoms with van der Waals surface area (Å²) in [6, 6.07) is 7.49. The number of hydrogen-bond acceptors (Lipinski definition) is 3. The van der Waals surface area contributed by atoms with Crippen LogP contribution in [0.4, 0.5) is 0 Å². The number of benzene rings is 1. The van der Waals surface area contributed by atoms with E-state index in [9.17, 15) is 9.90 Å². The molecule has 0 unspecified atom stereocenters. The maximum atomic E-state index is 11.9. The van der Waals surface area contributed by atoms with Crippen LogP contribution in [0.2, 0.25) is 0 Å². The molecule has 1 aliphatic rings. The molecule has 0 heterocycles. The van der Waals surface area contributed by atoms with Gasteiger partial charge in [0.25, 0.3) is 0 Å². The van der Waals surface area contributed by atoms with E-state index >= 15 is 0 Å². The Kier molecular flexibility index (Phi) is 3.92. The number of nitrogens with one attached hydrogen (secondary N) is 1. The van der Waals surface area contributed by atoms with Crippen molar-refractivity contribution in [3.8, 4) is 0 Å². The van der Waals surface area contributed by atoms with Crippen LogP contribution in [0, 0.1) is 6.92 Å². The van der Waals surface area contributed by atoms with Crippen LogP contribution in [0.5, 0.6) is 0 Å². The van der Waals surface area contributed by atoms with E-state index < -0.39 is 12.1 Å². The van der Waals surface area contributed by atoms with E-state index in [0.717, 1.165) is 19.3 Å². The molecule has 1 saturated carbocycles. The highest BCUT2D eigenvalue weighted by Gasteiger charge is 2.44. The molecule has 1 aromatic rings. The lowest BCUT2D eigenvalue weighted by Gasteiger charge is -2.21. The van der Waals surface area contributed by atoms with Gasteiger partial charge in [-0.1, -0.05) is 29.8 Å². The predicted octanol–water partition coefficient (Wildman–Crippen LogP) is 0.894. The van der Waals surface area contributed by atoms with E-state index in [0.29, 0.717) is 0 Å². The van der Waals surface area contributed by atoms with Crippen molar-refractivity contribution in [1.29, 1.82) is 0 Å². The lowest BCUT2D eigenvalue weighted by atomic mass is 10.0. The van der Waals surface area contributed by atoms with Gasteiger partial charge in [0.1, 0.15) is 6.04 Å². The van der Waals surface area contributed by atoms with Crippen LogP contribution >= 0.6 is 0 Å². The predicted molar refractivity (Wildman–Crippen MR) is 74.6 cm³/mol. The van der Waals surface area contributed by atoms with Crippen molar-refractivity contribution in [3.63, 3.8) is 0 Å². The number of nitrogens with two attached hydrogens (primary N) is 1. The van der Waals surface area contributed by atoms with Crippen molar-refractivity contribution >= 4 is 5.91 Å². The lowest BCUT2D eigenvalue weighted by Crippen LogP contribution is -2.51. The van der Waals surface area contributed by atoms with Crippen LogP contribution < -0.4 is 11.1 Å². The molecule has 4 heteroatoms. The van der Waals surface area contributed by atoms with E-state index in [-0.39, 0.29) is 11.4 Å². The highest BCUT2D eigenvalue weighted by molar-refractivity contribution is 5.83. The molecule has 0 aliphatic heterocycles. The number of amides is 1. The number of carbonyl (C=O) groups excluding carboxylic acids is 1. The van der Waals surface area contributed by atoms with E-state index in [1.807, 2.05) is 0 Å². The maximum Gasteiger partial charge on any atom is 0.240 e. The molecule has 0 bridgehead atoms. The molecule has 19 heavy (non-hydrogen) atoms. The average molecular weight is 262 g/mol. The van der Waals surface area contributed by atoms with Crippen LogP contribution in [0.25, 0.3) is 0 Å². The first-order chi connectivity index (χ1) is 8.92. The molecule has 0 aromatic heterocycles. The third-order valence-electron chi connectivity index (χ3n) is 3.73. The van der Waals surface area contributed by atoms with Gasteiger partial charge in [-0.3, -0.25) is 4.79 Å². The number of aliphatic hydroxyl groups excluding tert-OH is 1. The van der Waals surface area contributed by atoms with Crippen molar-refractivity contribution in [2.24, 2.45) is 5.73 Å². The molecule has 2 rings (SSSR count). The number of carbonyl (C=O) groups is 1. The smallest absolute Gasteiger partial charge is 0.240 e. The second kappa shape index (κ2) is 5.31. The third kappa shape index (κ3) is 3.55. The Bertz CT molecular complexity index is 450. The lowest BCUT2D eigenvalue weighted by molar-refractivity contribution is -0.125. The second-order valence-electron chi connectivity index (χ2n) is 5.70. The zero-order chi connectivity index (χ0) is 14.0. The van der Waals surface area contributed by atoms with E-state index in [1.54, 1.807) is 0 Å². The molecule has 0 radical (unpaired) electrons. The summed E-state index contributed by atoms with van der Waals surface area (Å²) in [5.74, 6) is -0.264. The fourth-order valence-corrected chi connectivity index (χ4v) is 2.16. The monoisotopic (exact) mass is 262 g/mol. The Morgan fingerprint density at radius 3 is 2.47 bits per heavy atom. The minimum Gasteiger partial charge on any atom is -0.391 e. The molecular weight excluding hydrogens is 240 g/mol. The summed E-state index contributed by atoms with van der Waals surface area (Å²) >= 11 is 0. The van der Waals surface area contributed by atoms with E-state index in [2.05, 4.69) is 36.5 Å². The van der Waals surface area contributed by atoms with Crippen molar-refractivity contribution < 1.29 is 9.90 Å². The summed E-state index contributed by atoms with van der Waals surface area (Å²) in [6.07, 6.45) is 1.94. The number of hydrogen-bond donors (Lipinski definition) is 3. The van der Waals surface area contributed by atoms with Gasteiger partial charge in [0.05, 0.1) is 6.10 Å². The SMILES string of the molecule is Cc1ccc(CC2(NC(=O)[C@@H](N)[C@@H](C)O)CC2)cc1. The van der Waals surface area contributed by atoms with Crippen molar-refractivity contribution in [2.45, 2.75) is 50.8 Å². The zero-order valence-corrected chi connectivity index (χ0v) is 11.5. The van der Waals surface area contributed by atoms with E-state index in [4.69, 9.17) is 5.73 Å². The highest BCUT2D eigenvalue weighted by Crippen LogP contribution is 2.38. The molecule has 1 aromatic carbocycles. The average Bonchev–Trinajstić information content (AvgIpc) is 3.10. The fourth-order valence-electron chi connectivity index (χ4n) is 2.16. The number of rotatable bonds is 5. The Balaban J connectivity index is 1.96. The molecule has 104 valence electrons. The summed E-state index contributed by atoms with van der Waals surface area (Å²) in [6.45, 7) is 3.59. The molecule has 1 amide bonds. The van der Waals surface area contributed by atoms with Gasteiger partial charge in [-0.15, -0.1) is 0 Å². The minimum absolute atomic E-state index is 0.154. The fraction of sp³-hybridized carbons (Fsp3) is 0.533. The number of aryl methyl sites for hydroxylation is 1. The van der Waals surface area contributed by atoms with Gasteiger partial charge in [0.15, 0.2) is 0 Å². The first-order valence-corrected chi connectivity index (χ1v) is 6.73. The van der Waals surface area contributed by atoms with Crippen LogP contribution in [-0.4, -0.2) is 28.7 Å². The molecule has 1 fully saturated rings. The quantitative estimate of drug-likeness (QED) is 0.738. The van der Waals surface area contributed by atoms with Crippen LogP contribution in [0.15, 0.2) is 24.3 Å². The van der Waals surface area contributed by atoms with Gasteiger partial charge in [-0.2, -0.15) is 0 Å². The molecule has 2 atom stereocenters. The van der Waals surface area contributed by atoms with Crippen LogP contribution in [0.1, 0.15) is 30.9 Å². The standard InChI is InChI=1S/C15H22N2O2/c1-10-3-5-12(6-4-10)9-15(7-8-15)17-14(19)13(16)11(2)18/h3-6,11,13,18H,7-9,16H2,1-2H3,(H,17,19)/t11-,13+/m1/s1. The van der Waals surface area contributed by atoms with Gasteiger partial charge < -0.3 is 16.2 Å². The van der Waals surface area contributed by atoms with Gasteiger partial charge in [-0.25, -0.2) is 0 Å². The zero-order valence-electron chi connectivity index (χ0n) is 11.5. The van der Waals surface area contributed by atoms with Crippen LogP contribution in [0.3, 0.4) is 0 Å². The largest absolute Gasteiger partial charge is 0.391 e. The molecular formula is C15H22N2O2. The summed E-state index contributed by atoms with van der Waals surface area (Å²) in [4.78, 5) is 11.9. The van der Waals surface area contributed by atoms with Crippen molar-refractivity contribution in [1.82, 2.24) is 5.32 Å². The topological polar surface area (TPSA) is 75.4 Å². The Hall–Kier alpha value is -1.39. The van der Waals surface area contributed by atoms with Gasteiger partial charge in [0.2, 0.25) is 5.91 Å². The Labute approximate surface area is 114 Å². The first kappa shape index (κ1) is 14.0. The van der Waals surface area contributed by atoms with Gasteiger partial charge in [0, 0.05) is 5.54 Å². The third-order valence-corrected chi connectivity index (χ3v) is 3.73. The van der Waals surface area contributed by atoms with Gasteiger partial charge >= 0.3 is 0 Å². The summed E-state index contributed by atoms with van der Waals surface area (Å²) in [5, 5.41) is 12.3. The minimum atomic E-state index is -0.851. The van der Waals surface area contributed by atoms with Gasteiger partial charge in [-0.05, 0) is 38.7 Å². The summed E-state index contributed by atoms with van der Waals surface area (Å²) < 4.78 is 0. The molecule has 4 N–H and O–H groups in total. The molecule has 1 aliphatic carbocycles. The Morgan fingerprint density at radius 2 is 2.00 bits per heavy atom. The normalized spacial score (nSPS) is 19.6.